The highest BCUT2D eigenvalue weighted by molar-refractivity contribution is 5.79. The molecule has 1 aromatic heterocycles. The first-order chi connectivity index (χ1) is 15.0. The van der Waals surface area contributed by atoms with E-state index in [0.717, 1.165) is 50.8 Å². The quantitative estimate of drug-likeness (QED) is 0.514. The number of aliphatic imine (C=N–C) groups is 1. The molecule has 10 heteroatoms. The summed E-state index contributed by atoms with van der Waals surface area (Å²) in [6, 6.07) is 7.08. The van der Waals surface area contributed by atoms with Crippen molar-refractivity contribution in [2.45, 2.75) is 19.6 Å². The van der Waals surface area contributed by atoms with Crippen LogP contribution in [0, 0.1) is 0 Å². The molecule has 1 fully saturated rings. The molecule has 2 aromatic rings. The van der Waals surface area contributed by atoms with Crippen LogP contribution in [0.5, 0.6) is 0 Å². The van der Waals surface area contributed by atoms with Crippen molar-refractivity contribution in [1.29, 1.82) is 0 Å². The van der Waals surface area contributed by atoms with Crippen molar-refractivity contribution < 1.29 is 13.2 Å². The summed E-state index contributed by atoms with van der Waals surface area (Å²) in [5, 5.41) is 6.40. The fourth-order valence-electron chi connectivity index (χ4n) is 3.32. The highest BCUT2D eigenvalue weighted by Gasteiger charge is 2.30. The lowest BCUT2D eigenvalue weighted by Crippen LogP contribution is -2.49. The summed E-state index contributed by atoms with van der Waals surface area (Å²) in [4.78, 5) is 17.5. The number of benzene rings is 1. The van der Waals surface area contributed by atoms with Gasteiger partial charge in [-0.05, 0) is 30.7 Å². The summed E-state index contributed by atoms with van der Waals surface area (Å²) in [5.74, 6) is 1.35. The minimum Gasteiger partial charge on any atom is -0.357 e. The molecule has 1 aromatic carbocycles. The van der Waals surface area contributed by atoms with Crippen molar-refractivity contribution >= 4 is 11.9 Å². The van der Waals surface area contributed by atoms with Crippen molar-refractivity contribution in [3.8, 4) is 0 Å². The fourth-order valence-corrected chi connectivity index (χ4v) is 3.32. The Balaban J connectivity index is 1.45. The second-order valence-electron chi connectivity index (χ2n) is 7.20. The van der Waals surface area contributed by atoms with E-state index >= 15 is 0 Å². The van der Waals surface area contributed by atoms with Crippen molar-refractivity contribution in [1.82, 2.24) is 25.5 Å². The Morgan fingerprint density at radius 1 is 1.06 bits per heavy atom. The van der Waals surface area contributed by atoms with E-state index in [9.17, 15) is 13.2 Å². The molecule has 0 spiro atoms. The molecule has 7 nitrogen and oxygen atoms in total. The Kier molecular flexibility index (Phi) is 8.05. The van der Waals surface area contributed by atoms with E-state index in [0.29, 0.717) is 24.6 Å². The molecule has 0 unspecified atom stereocenters. The third-order valence-corrected chi connectivity index (χ3v) is 4.95. The third kappa shape index (κ3) is 7.09. The predicted octanol–water partition coefficient (Wildman–Crippen LogP) is 2.37. The molecule has 0 atom stereocenters. The zero-order valence-corrected chi connectivity index (χ0v) is 17.6. The first-order valence-corrected chi connectivity index (χ1v) is 10.4. The second-order valence-corrected chi connectivity index (χ2v) is 7.20. The molecule has 0 amide bonds. The zero-order valence-electron chi connectivity index (χ0n) is 17.6. The van der Waals surface area contributed by atoms with Crippen molar-refractivity contribution in [2.24, 2.45) is 4.99 Å². The van der Waals surface area contributed by atoms with E-state index in [2.05, 4.69) is 35.4 Å². The maximum atomic E-state index is 12.9. The maximum Gasteiger partial charge on any atom is 0.416 e. The number of rotatable bonds is 7. The number of hydrogen-bond donors (Lipinski definition) is 2. The highest BCUT2D eigenvalue weighted by Crippen LogP contribution is 2.29. The highest BCUT2D eigenvalue weighted by atomic mass is 19.4. The van der Waals surface area contributed by atoms with E-state index in [4.69, 9.17) is 0 Å². The summed E-state index contributed by atoms with van der Waals surface area (Å²) in [7, 11) is 0. The van der Waals surface area contributed by atoms with Gasteiger partial charge in [0.15, 0.2) is 5.96 Å². The van der Waals surface area contributed by atoms with Gasteiger partial charge in [-0.3, -0.25) is 4.90 Å². The van der Waals surface area contributed by atoms with Gasteiger partial charge in [-0.25, -0.2) is 15.0 Å². The molecular formula is C21H28F3N7. The average Bonchev–Trinajstić information content (AvgIpc) is 2.78. The first-order valence-electron chi connectivity index (χ1n) is 10.4. The number of piperazine rings is 1. The van der Waals surface area contributed by atoms with E-state index in [1.165, 1.54) is 6.07 Å². The normalized spacial score (nSPS) is 15.7. The summed E-state index contributed by atoms with van der Waals surface area (Å²) >= 11 is 0. The number of alkyl halides is 3. The van der Waals surface area contributed by atoms with Crippen LogP contribution < -0.4 is 15.5 Å². The van der Waals surface area contributed by atoms with E-state index < -0.39 is 11.7 Å². The monoisotopic (exact) mass is 435 g/mol. The SMILES string of the molecule is CCNC(=NCc1cccc(C(F)(F)F)c1)NCCN1CCN(c2ncccn2)CC1. The number of anilines is 1. The molecule has 1 saturated heterocycles. The molecule has 0 bridgehead atoms. The van der Waals surface area contributed by atoms with E-state index in [1.807, 2.05) is 13.0 Å². The van der Waals surface area contributed by atoms with Gasteiger partial charge in [-0.1, -0.05) is 12.1 Å². The van der Waals surface area contributed by atoms with E-state index in [-0.39, 0.29) is 6.54 Å². The summed E-state index contributed by atoms with van der Waals surface area (Å²) in [5.41, 5.74) is -0.135. The minimum atomic E-state index is -4.35. The Morgan fingerprint density at radius 3 is 2.48 bits per heavy atom. The van der Waals surface area contributed by atoms with Crippen LogP contribution in [0.25, 0.3) is 0 Å². The lowest BCUT2D eigenvalue weighted by Gasteiger charge is -2.34. The van der Waals surface area contributed by atoms with Gasteiger partial charge in [-0.15, -0.1) is 0 Å². The molecule has 1 aliphatic heterocycles. The van der Waals surface area contributed by atoms with Gasteiger partial charge in [-0.2, -0.15) is 13.2 Å². The van der Waals surface area contributed by atoms with Crippen LogP contribution in [-0.4, -0.2) is 66.6 Å². The topological polar surface area (TPSA) is 68.7 Å². The standard InChI is InChI=1S/C21H28F3N7/c1-2-25-19(29-16-17-5-3-6-18(15-17)21(22,23)24)26-9-10-30-11-13-31(14-12-30)20-27-7-4-8-28-20/h3-8,15H,2,9-14,16H2,1H3,(H2,25,26,29). The van der Waals surface area contributed by atoms with Crippen LogP contribution in [0.3, 0.4) is 0 Å². The van der Waals surface area contributed by atoms with Crippen LogP contribution in [0.2, 0.25) is 0 Å². The first kappa shape index (κ1) is 22.8. The van der Waals surface area contributed by atoms with Crippen LogP contribution in [0.4, 0.5) is 19.1 Å². The molecule has 0 radical (unpaired) electrons. The van der Waals surface area contributed by atoms with Crippen LogP contribution in [0.15, 0.2) is 47.7 Å². The second kappa shape index (κ2) is 10.9. The predicted molar refractivity (Wildman–Crippen MR) is 115 cm³/mol. The largest absolute Gasteiger partial charge is 0.416 e. The van der Waals surface area contributed by atoms with E-state index in [1.54, 1.807) is 18.5 Å². The zero-order chi connectivity index (χ0) is 22.1. The van der Waals surface area contributed by atoms with Gasteiger partial charge in [0, 0.05) is 58.2 Å². The Bertz CT molecular complexity index is 834. The molecular weight excluding hydrogens is 407 g/mol. The van der Waals surface area contributed by atoms with Gasteiger partial charge in [0.05, 0.1) is 12.1 Å². The molecule has 2 N–H and O–H groups in total. The molecule has 1 aliphatic rings. The third-order valence-electron chi connectivity index (χ3n) is 4.95. The van der Waals surface area contributed by atoms with Gasteiger partial charge in [0.2, 0.25) is 5.95 Å². The van der Waals surface area contributed by atoms with Crippen LogP contribution >= 0.6 is 0 Å². The lowest BCUT2D eigenvalue weighted by atomic mass is 10.1. The molecule has 3 rings (SSSR count). The minimum absolute atomic E-state index is 0.176. The fraction of sp³-hybridized carbons (Fsp3) is 0.476. The lowest BCUT2D eigenvalue weighted by molar-refractivity contribution is -0.137. The van der Waals surface area contributed by atoms with Gasteiger partial charge in [0.1, 0.15) is 0 Å². The number of aromatic nitrogens is 2. The molecule has 0 aliphatic carbocycles. The average molecular weight is 435 g/mol. The Hall–Kier alpha value is -2.88. The Morgan fingerprint density at radius 2 is 1.81 bits per heavy atom. The van der Waals surface area contributed by atoms with Crippen LogP contribution in [-0.2, 0) is 12.7 Å². The van der Waals surface area contributed by atoms with Gasteiger partial charge >= 0.3 is 6.18 Å². The van der Waals surface area contributed by atoms with Crippen LogP contribution in [0.1, 0.15) is 18.1 Å². The maximum absolute atomic E-state index is 12.9. The number of guanidine groups is 1. The Labute approximate surface area is 180 Å². The molecule has 31 heavy (non-hydrogen) atoms. The summed E-state index contributed by atoms with van der Waals surface area (Å²) in [6.07, 6.45) is -0.849. The van der Waals surface area contributed by atoms with Crippen molar-refractivity contribution in [3.63, 3.8) is 0 Å². The van der Waals surface area contributed by atoms with Gasteiger partial charge < -0.3 is 15.5 Å². The summed E-state index contributed by atoms with van der Waals surface area (Å²) in [6.45, 7) is 7.90. The molecule has 168 valence electrons. The summed E-state index contributed by atoms with van der Waals surface area (Å²) < 4.78 is 38.6. The number of hydrogen-bond acceptors (Lipinski definition) is 5. The number of nitrogens with zero attached hydrogens (tertiary/aromatic N) is 5. The van der Waals surface area contributed by atoms with Gasteiger partial charge in [0.25, 0.3) is 0 Å². The molecule has 2 heterocycles. The van der Waals surface area contributed by atoms with Crippen molar-refractivity contribution in [2.75, 3.05) is 50.7 Å². The smallest absolute Gasteiger partial charge is 0.357 e. The number of halogens is 3. The van der Waals surface area contributed by atoms with Crippen molar-refractivity contribution in [3.05, 3.63) is 53.9 Å². The molecule has 0 saturated carbocycles. The number of nitrogens with one attached hydrogen (secondary N) is 2.